The molecule has 35 heavy (non-hydrogen) atoms. The first-order valence-corrected chi connectivity index (χ1v) is 13.2. The Morgan fingerprint density at radius 1 is 1.03 bits per heavy atom. The van der Waals surface area contributed by atoms with Gasteiger partial charge in [-0.05, 0) is 52.5 Å². The minimum Gasteiger partial charge on any atom is -0.444 e. The Bertz CT molecular complexity index is 810. The average molecular weight is 488 g/mol. The summed E-state index contributed by atoms with van der Waals surface area (Å²) in [6.07, 6.45) is 8.64. The molecule has 0 aromatic heterocycles. The van der Waals surface area contributed by atoms with Crippen molar-refractivity contribution < 1.29 is 19.1 Å². The van der Waals surface area contributed by atoms with E-state index in [0.29, 0.717) is 6.54 Å². The molecule has 0 radical (unpaired) electrons. The molecule has 3 amide bonds. The van der Waals surface area contributed by atoms with Crippen LogP contribution in [0.3, 0.4) is 0 Å². The summed E-state index contributed by atoms with van der Waals surface area (Å²) in [4.78, 5) is 40.9. The first-order chi connectivity index (χ1) is 16.6. The number of rotatable bonds is 11. The minimum atomic E-state index is -0.743. The van der Waals surface area contributed by atoms with E-state index in [1.54, 1.807) is 25.7 Å². The number of carbonyl (C=O) groups is 3. The zero-order valence-corrected chi connectivity index (χ0v) is 22.3. The van der Waals surface area contributed by atoms with Crippen molar-refractivity contribution in [2.24, 2.45) is 0 Å². The van der Waals surface area contributed by atoms with Crippen molar-refractivity contribution >= 4 is 17.9 Å². The van der Waals surface area contributed by atoms with Crippen LogP contribution < -0.4 is 10.6 Å². The number of ether oxygens (including phenoxy) is 1. The number of alkyl carbamates (subject to hydrolysis) is 1. The van der Waals surface area contributed by atoms with Gasteiger partial charge in [-0.1, -0.05) is 75.3 Å². The van der Waals surface area contributed by atoms with E-state index in [1.165, 1.54) is 6.42 Å². The summed E-state index contributed by atoms with van der Waals surface area (Å²) >= 11 is 0. The van der Waals surface area contributed by atoms with Crippen LogP contribution in [0.25, 0.3) is 0 Å². The summed E-state index contributed by atoms with van der Waals surface area (Å²) in [6, 6.07) is 7.18. The molecule has 1 fully saturated rings. The molecule has 196 valence electrons. The molecule has 2 rings (SSSR count). The van der Waals surface area contributed by atoms with Gasteiger partial charge in [0.25, 0.3) is 0 Å². The number of nitrogens with zero attached hydrogens (tertiary/aromatic N) is 1. The molecule has 7 nitrogen and oxygen atoms in total. The number of hydrogen-bond donors (Lipinski definition) is 2. The molecule has 0 spiro atoms. The van der Waals surface area contributed by atoms with Gasteiger partial charge in [-0.25, -0.2) is 4.79 Å². The number of nitrogens with one attached hydrogen (secondary N) is 2. The summed E-state index contributed by atoms with van der Waals surface area (Å²) in [7, 11) is 0. The van der Waals surface area contributed by atoms with E-state index >= 15 is 0 Å². The second-order valence-corrected chi connectivity index (χ2v) is 10.7. The fourth-order valence-electron chi connectivity index (χ4n) is 4.42. The second kappa shape index (κ2) is 14.1. The molecule has 7 heteroatoms. The van der Waals surface area contributed by atoms with E-state index in [2.05, 4.69) is 17.6 Å². The van der Waals surface area contributed by atoms with E-state index < -0.39 is 17.7 Å². The van der Waals surface area contributed by atoms with Crippen LogP contribution in [-0.4, -0.2) is 47.5 Å². The summed E-state index contributed by atoms with van der Waals surface area (Å²) < 4.78 is 5.29. The molecule has 1 aliphatic carbocycles. The number of hydrogen-bond acceptors (Lipinski definition) is 4. The molecule has 0 saturated heterocycles. The number of aryl methyl sites for hydroxylation is 1. The van der Waals surface area contributed by atoms with Crippen LogP contribution in [0.2, 0.25) is 0 Å². The highest BCUT2D eigenvalue weighted by Crippen LogP contribution is 2.25. The summed E-state index contributed by atoms with van der Waals surface area (Å²) in [5.74, 6) is -0.446. The van der Waals surface area contributed by atoms with Crippen molar-refractivity contribution in [3.8, 4) is 0 Å². The monoisotopic (exact) mass is 487 g/mol. The summed E-state index contributed by atoms with van der Waals surface area (Å²) in [5.41, 5.74) is 1.22. The largest absolute Gasteiger partial charge is 0.444 e. The van der Waals surface area contributed by atoms with Crippen molar-refractivity contribution in [3.05, 3.63) is 35.4 Å². The van der Waals surface area contributed by atoms with Gasteiger partial charge in [0.05, 0.1) is 0 Å². The maximum atomic E-state index is 13.6. The Morgan fingerprint density at radius 3 is 2.29 bits per heavy atom. The third-order valence-corrected chi connectivity index (χ3v) is 6.26. The molecule has 1 atom stereocenters. The Labute approximate surface area is 211 Å². The SMILES string of the molecule is CCCCCCN(C(=O)CNC(=O)OC(C)(C)C)C(C(=O)NC1CCCCC1)c1ccc(C)cc1. The molecule has 1 aliphatic rings. The zero-order valence-electron chi connectivity index (χ0n) is 22.3. The first-order valence-electron chi connectivity index (χ1n) is 13.2. The molecule has 1 aromatic carbocycles. The van der Waals surface area contributed by atoms with Gasteiger partial charge in [-0.2, -0.15) is 0 Å². The third-order valence-electron chi connectivity index (χ3n) is 6.26. The number of benzene rings is 1. The maximum Gasteiger partial charge on any atom is 0.408 e. The van der Waals surface area contributed by atoms with Crippen LogP contribution >= 0.6 is 0 Å². The van der Waals surface area contributed by atoms with Gasteiger partial charge < -0.3 is 20.3 Å². The molecular weight excluding hydrogens is 442 g/mol. The van der Waals surface area contributed by atoms with E-state index in [-0.39, 0.29) is 24.4 Å². The maximum absolute atomic E-state index is 13.6. The smallest absolute Gasteiger partial charge is 0.408 e. The predicted octanol–water partition coefficient (Wildman–Crippen LogP) is 5.42. The highest BCUT2D eigenvalue weighted by molar-refractivity contribution is 5.90. The van der Waals surface area contributed by atoms with E-state index in [4.69, 9.17) is 4.74 Å². The minimum absolute atomic E-state index is 0.140. The van der Waals surface area contributed by atoms with Crippen LogP contribution in [0.5, 0.6) is 0 Å². The van der Waals surface area contributed by atoms with Crippen LogP contribution in [-0.2, 0) is 14.3 Å². The molecule has 0 bridgehead atoms. The lowest BCUT2D eigenvalue weighted by atomic mass is 9.94. The summed E-state index contributed by atoms with van der Waals surface area (Å²) in [6.45, 7) is 9.69. The Morgan fingerprint density at radius 2 is 1.69 bits per heavy atom. The fourth-order valence-corrected chi connectivity index (χ4v) is 4.42. The van der Waals surface area contributed by atoms with Crippen LogP contribution in [0.15, 0.2) is 24.3 Å². The van der Waals surface area contributed by atoms with Crippen LogP contribution in [0, 0.1) is 6.92 Å². The fraction of sp³-hybridized carbons (Fsp3) is 0.679. The molecular formula is C28H45N3O4. The van der Waals surface area contributed by atoms with Crippen LogP contribution in [0.1, 0.15) is 103 Å². The van der Waals surface area contributed by atoms with Gasteiger partial charge in [-0.15, -0.1) is 0 Å². The van der Waals surface area contributed by atoms with Gasteiger partial charge in [0.2, 0.25) is 11.8 Å². The lowest BCUT2D eigenvalue weighted by Crippen LogP contribution is -2.50. The van der Waals surface area contributed by atoms with Gasteiger partial charge in [0.15, 0.2) is 0 Å². The lowest BCUT2D eigenvalue weighted by molar-refractivity contribution is -0.140. The highest BCUT2D eigenvalue weighted by Gasteiger charge is 2.33. The van der Waals surface area contributed by atoms with Gasteiger partial charge in [0, 0.05) is 12.6 Å². The highest BCUT2D eigenvalue weighted by atomic mass is 16.6. The molecule has 1 aromatic rings. The van der Waals surface area contributed by atoms with Crippen molar-refractivity contribution in [2.45, 2.75) is 110 Å². The van der Waals surface area contributed by atoms with Crippen molar-refractivity contribution in [2.75, 3.05) is 13.1 Å². The van der Waals surface area contributed by atoms with Crippen molar-refractivity contribution in [3.63, 3.8) is 0 Å². The predicted molar refractivity (Wildman–Crippen MR) is 139 cm³/mol. The normalized spacial score (nSPS) is 15.2. The molecule has 0 aliphatic heterocycles. The third kappa shape index (κ3) is 10.3. The molecule has 2 N–H and O–H groups in total. The average Bonchev–Trinajstić information content (AvgIpc) is 2.80. The molecule has 1 unspecified atom stereocenters. The zero-order chi connectivity index (χ0) is 25.8. The quantitative estimate of drug-likeness (QED) is 0.408. The number of unbranched alkanes of at least 4 members (excludes halogenated alkanes) is 3. The Kier molecular flexibility index (Phi) is 11.5. The Balaban J connectivity index is 2.25. The summed E-state index contributed by atoms with van der Waals surface area (Å²) in [5, 5.41) is 5.79. The number of carbonyl (C=O) groups excluding carboxylic acids is 3. The van der Waals surface area contributed by atoms with E-state index in [0.717, 1.165) is 62.5 Å². The van der Waals surface area contributed by atoms with Crippen molar-refractivity contribution in [1.82, 2.24) is 15.5 Å². The second-order valence-electron chi connectivity index (χ2n) is 10.7. The van der Waals surface area contributed by atoms with Gasteiger partial charge in [0.1, 0.15) is 18.2 Å². The van der Waals surface area contributed by atoms with Crippen LogP contribution in [0.4, 0.5) is 4.79 Å². The van der Waals surface area contributed by atoms with Crippen molar-refractivity contribution in [1.29, 1.82) is 0 Å². The lowest BCUT2D eigenvalue weighted by Gasteiger charge is -2.33. The molecule has 0 heterocycles. The topological polar surface area (TPSA) is 87.7 Å². The number of amides is 3. The van der Waals surface area contributed by atoms with Gasteiger partial charge >= 0.3 is 6.09 Å². The Hall–Kier alpha value is -2.57. The standard InChI is InChI=1S/C28H45N3O4/c1-6-7-8-12-19-31(24(32)20-29-27(34)35-28(3,4)5)25(22-17-15-21(2)16-18-22)26(33)30-23-13-10-9-11-14-23/h15-18,23,25H,6-14,19-20H2,1-5H3,(H,29,34)(H,30,33). The molecule has 1 saturated carbocycles. The first kappa shape index (κ1) is 28.7. The van der Waals surface area contributed by atoms with E-state index in [9.17, 15) is 14.4 Å². The van der Waals surface area contributed by atoms with Gasteiger partial charge in [-0.3, -0.25) is 9.59 Å². The van der Waals surface area contributed by atoms with E-state index in [1.807, 2.05) is 31.2 Å².